The molecule has 3 rings (SSSR count). The minimum absolute atomic E-state index is 0.219. The lowest BCUT2D eigenvalue weighted by Gasteiger charge is -2.13. The molecule has 0 saturated carbocycles. The second kappa shape index (κ2) is 5.75. The number of rotatable bonds is 4. The molecular weight excluding hydrogens is 322 g/mol. The smallest absolute Gasteiger partial charge is 0.228 e. The van der Waals surface area contributed by atoms with Crippen molar-refractivity contribution in [1.82, 2.24) is 15.0 Å². The number of hydrogen-bond donors (Lipinski definition) is 0. The van der Waals surface area contributed by atoms with Gasteiger partial charge in [0.15, 0.2) is 0 Å². The lowest BCUT2D eigenvalue weighted by molar-refractivity contribution is -0.127. The van der Waals surface area contributed by atoms with Gasteiger partial charge in [0.25, 0.3) is 0 Å². The van der Waals surface area contributed by atoms with Gasteiger partial charge < -0.3 is 9.42 Å². The number of benzene rings is 1. The van der Waals surface area contributed by atoms with Gasteiger partial charge in [-0.05, 0) is 18.6 Å². The molecule has 0 bridgehead atoms. The fourth-order valence-electron chi connectivity index (χ4n) is 2.27. The fraction of sp³-hybridized carbons (Fsp3) is 0.357. The highest BCUT2D eigenvalue weighted by atomic mass is 79.9. The van der Waals surface area contributed by atoms with Crippen molar-refractivity contribution in [2.24, 2.45) is 0 Å². The Morgan fingerprint density at radius 3 is 3.05 bits per heavy atom. The highest BCUT2D eigenvalue weighted by Gasteiger charge is 2.20. The highest BCUT2D eigenvalue weighted by molar-refractivity contribution is 9.10. The molecule has 5 nitrogen and oxygen atoms in total. The van der Waals surface area contributed by atoms with E-state index in [1.165, 1.54) is 0 Å². The number of carbonyl (C=O) groups is 1. The first-order chi connectivity index (χ1) is 9.72. The van der Waals surface area contributed by atoms with Crippen molar-refractivity contribution in [2.75, 3.05) is 13.1 Å². The Balaban J connectivity index is 1.66. The summed E-state index contributed by atoms with van der Waals surface area (Å²) in [6, 6.07) is 7.75. The summed E-state index contributed by atoms with van der Waals surface area (Å²) >= 11 is 3.42. The molecule has 0 N–H and O–H groups in total. The number of aromatic nitrogens is 2. The first-order valence-corrected chi connectivity index (χ1v) is 7.38. The van der Waals surface area contributed by atoms with Gasteiger partial charge in [0.2, 0.25) is 17.6 Å². The van der Waals surface area contributed by atoms with E-state index in [-0.39, 0.29) is 5.91 Å². The molecule has 1 aliphatic heterocycles. The Bertz CT molecular complexity index is 626. The number of halogens is 1. The van der Waals surface area contributed by atoms with Gasteiger partial charge >= 0.3 is 0 Å². The van der Waals surface area contributed by atoms with Gasteiger partial charge in [-0.25, -0.2) is 0 Å². The number of nitrogens with zero attached hydrogens (tertiary/aromatic N) is 3. The second-order valence-electron chi connectivity index (χ2n) is 4.76. The maximum absolute atomic E-state index is 11.5. The van der Waals surface area contributed by atoms with Crippen LogP contribution in [0, 0.1) is 0 Å². The summed E-state index contributed by atoms with van der Waals surface area (Å²) in [4.78, 5) is 17.7. The van der Waals surface area contributed by atoms with Crippen LogP contribution in [0.2, 0.25) is 0 Å². The largest absolute Gasteiger partial charge is 0.342 e. The van der Waals surface area contributed by atoms with Gasteiger partial charge in [-0.3, -0.25) is 4.79 Å². The summed E-state index contributed by atoms with van der Waals surface area (Å²) in [5.74, 6) is 1.37. The molecule has 20 heavy (non-hydrogen) atoms. The fourth-order valence-corrected chi connectivity index (χ4v) is 2.67. The summed E-state index contributed by atoms with van der Waals surface area (Å²) in [7, 11) is 0. The summed E-state index contributed by atoms with van der Waals surface area (Å²) in [5, 5.41) is 3.98. The number of likely N-dealkylation sites (tertiary alicyclic amines) is 1. The zero-order valence-electron chi connectivity index (χ0n) is 10.9. The molecule has 1 aliphatic rings. The molecule has 104 valence electrons. The molecular formula is C14H14BrN3O2. The summed E-state index contributed by atoms with van der Waals surface area (Å²) in [6.07, 6.45) is 2.21. The molecule has 1 aromatic heterocycles. The monoisotopic (exact) mass is 335 g/mol. The van der Waals surface area contributed by atoms with Crippen LogP contribution in [-0.2, 0) is 11.2 Å². The molecule has 1 fully saturated rings. The number of carbonyl (C=O) groups excluding carboxylic acids is 1. The predicted molar refractivity (Wildman–Crippen MR) is 77.0 cm³/mol. The van der Waals surface area contributed by atoms with Crippen molar-refractivity contribution >= 4 is 21.8 Å². The molecule has 0 aliphatic carbocycles. The predicted octanol–water partition coefficient (Wildman–Crippen LogP) is 2.66. The van der Waals surface area contributed by atoms with Crippen LogP contribution >= 0.6 is 15.9 Å². The standard InChI is InChI=1S/C14H14BrN3O2/c15-11-4-1-3-10(9-11)14-16-12(20-17-14)6-8-18-7-2-5-13(18)19/h1,3-4,9H,2,5-8H2. The normalized spacial score (nSPS) is 15.1. The average Bonchev–Trinajstić information content (AvgIpc) is 3.05. The minimum Gasteiger partial charge on any atom is -0.342 e. The molecule has 1 aromatic carbocycles. The third-order valence-electron chi connectivity index (χ3n) is 3.32. The topological polar surface area (TPSA) is 59.2 Å². The van der Waals surface area contributed by atoms with Crippen LogP contribution in [0.15, 0.2) is 33.3 Å². The van der Waals surface area contributed by atoms with Gasteiger partial charge in [0, 0.05) is 36.0 Å². The van der Waals surface area contributed by atoms with E-state index in [4.69, 9.17) is 4.52 Å². The van der Waals surface area contributed by atoms with Crippen molar-refractivity contribution in [1.29, 1.82) is 0 Å². The van der Waals surface area contributed by atoms with Crippen LogP contribution in [0.4, 0.5) is 0 Å². The highest BCUT2D eigenvalue weighted by Crippen LogP contribution is 2.20. The van der Waals surface area contributed by atoms with E-state index >= 15 is 0 Å². The molecule has 1 saturated heterocycles. The SMILES string of the molecule is O=C1CCCN1CCc1nc(-c2cccc(Br)c2)no1. The van der Waals surface area contributed by atoms with Gasteiger partial charge in [-0.1, -0.05) is 33.2 Å². The van der Waals surface area contributed by atoms with Crippen molar-refractivity contribution in [3.63, 3.8) is 0 Å². The van der Waals surface area contributed by atoms with Crippen molar-refractivity contribution in [3.8, 4) is 11.4 Å². The first-order valence-electron chi connectivity index (χ1n) is 6.59. The Kier molecular flexibility index (Phi) is 3.82. The average molecular weight is 336 g/mol. The van der Waals surface area contributed by atoms with Crippen LogP contribution < -0.4 is 0 Å². The first kappa shape index (κ1) is 13.3. The Morgan fingerprint density at radius 2 is 2.30 bits per heavy atom. The van der Waals surface area contributed by atoms with Gasteiger partial charge in [0.1, 0.15) is 0 Å². The zero-order valence-corrected chi connectivity index (χ0v) is 12.5. The molecule has 2 aromatic rings. The minimum atomic E-state index is 0.219. The molecule has 2 heterocycles. The molecule has 0 unspecified atom stereocenters. The Labute approximate surface area is 125 Å². The van der Waals surface area contributed by atoms with E-state index in [0.29, 0.717) is 31.1 Å². The van der Waals surface area contributed by atoms with Gasteiger partial charge in [-0.2, -0.15) is 4.98 Å². The van der Waals surface area contributed by atoms with Crippen LogP contribution in [0.3, 0.4) is 0 Å². The third kappa shape index (κ3) is 2.90. The number of hydrogen-bond acceptors (Lipinski definition) is 4. The zero-order chi connectivity index (χ0) is 13.9. The van der Waals surface area contributed by atoms with E-state index in [1.54, 1.807) is 0 Å². The van der Waals surface area contributed by atoms with Gasteiger partial charge in [0.05, 0.1) is 0 Å². The van der Waals surface area contributed by atoms with Gasteiger partial charge in [-0.15, -0.1) is 0 Å². The van der Waals surface area contributed by atoms with Crippen LogP contribution in [-0.4, -0.2) is 34.0 Å². The van der Waals surface area contributed by atoms with Crippen LogP contribution in [0.25, 0.3) is 11.4 Å². The Hall–Kier alpha value is -1.69. The summed E-state index contributed by atoms with van der Waals surface area (Å²) in [6.45, 7) is 1.49. The molecule has 0 radical (unpaired) electrons. The van der Waals surface area contributed by atoms with Crippen molar-refractivity contribution < 1.29 is 9.32 Å². The van der Waals surface area contributed by atoms with Crippen molar-refractivity contribution in [2.45, 2.75) is 19.3 Å². The van der Waals surface area contributed by atoms with E-state index in [9.17, 15) is 4.79 Å². The maximum atomic E-state index is 11.5. The van der Waals surface area contributed by atoms with Crippen molar-refractivity contribution in [3.05, 3.63) is 34.6 Å². The number of amides is 1. The quantitative estimate of drug-likeness (QED) is 0.861. The second-order valence-corrected chi connectivity index (χ2v) is 5.67. The third-order valence-corrected chi connectivity index (χ3v) is 3.81. The van der Waals surface area contributed by atoms with Crippen LogP contribution in [0.1, 0.15) is 18.7 Å². The summed E-state index contributed by atoms with van der Waals surface area (Å²) < 4.78 is 6.22. The molecule has 0 spiro atoms. The lowest BCUT2D eigenvalue weighted by atomic mass is 10.2. The van der Waals surface area contributed by atoms with Crippen LogP contribution in [0.5, 0.6) is 0 Å². The molecule has 1 amide bonds. The maximum Gasteiger partial charge on any atom is 0.228 e. The molecule has 0 atom stereocenters. The van der Waals surface area contributed by atoms with E-state index in [0.717, 1.165) is 23.0 Å². The van der Waals surface area contributed by atoms with E-state index in [2.05, 4.69) is 26.1 Å². The summed E-state index contributed by atoms with van der Waals surface area (Å²) in [5.41, 5.74) is 0.909. The van der Waals surface area contributed by atoms with E-state index in [1.807, 2.05) is 29.2 Å². The van der Waals surface area contributed by atoms with E-state index < -0.39 is 0 Å². The lowest BCUT2D eigenvalue weighted by Crippen LogP contribution is -2.26. The molecule has 6 heteroatoms. The Morgan fingerprint density at radius 1 is 1.40 bits per heavy atom.